The van der Waals surface area contributed by atoms with E-state index in [0.29, 0.717) is 0 Å². The lowest BCUT2D eigenvalue weighted by atomic mass is 10.0. The third-order valence-electron chi connectivity index (χ3n) is 2.46. The average molecular weight is 229 g/mol. The number of rotatable bonds is 2. The van der Waals surface area contributed by atoms with Crippen molar-refractivity contribution in [2.24, 2.45) is 0 Å². The predicted octanol–water partition coefficient (Wildman–Crippen LogP) is 4.90. The summed E-state index contributed by atoms with van der Waals surface area (Å²) in [7, 11) is 0. The quantitative estimate of drug-likeness (QED) is 0.642. The van der Waals surface area contributed by atoms with Gasteiger partial charge in [0.05, 0.1) is 0 Å². The Kier molecular flexibility index (Phi) is 3.43. The minimum Gasteiger partial charge on any atom is -0.0843 e. The third-order valence-corrected chi connectivity index (χ3v) is 2.70. The summed E-state index contributed by atoms with van der Waals surface area (Å²) >= 11 is 5.95. The van der Waals surface area contributed by atoms with Crippen molar-refractivity contribution in [1.29, 1.82) is 0 Å². The number of hydrogen-bond donors (Lipinski definition) is 0. The molecule has 0 radical (unpaired) electrons. The highest BCUT2D eigenvalue weighted by Crippen LogP contribution is 2.19. The van der Waals surface area contributed by atoms with E-state index < -0.39 is 0 Å². The van der Waals surface area contributed by atoms with Gasteiger partial charge in [-0.2, -0.15) is 0 Å². The molecule has 0 unspecified atom stereocenters. The van der Waals surface area contributed by atoms with Crippen LogP contribution in [0.25, 0.3) is 11.6 Å². The Labute approximate surface area is 101 Å². The summed E-state index contributed by atoms with van der Waals surface area (Å²) in [5.74, 6) is 0. The van der Waals surface area contributed by atoms with Crippen molar-refractivity contribution in [2.45, 2.75) is 6.92 Å². The Morgan fingerprint density at radius 1 is 1.00 bits per heavy atom. The molecule has 2 rings (SSSR count). The maximum Gasteiger partial charge on any atom is 0.0411 e. The van der Waals surface area contributed by atoms with Crippen LogP contribution in [0.5, 0.6) is 0 Å². The molecule has 0 nitrogen and oxygen atoms in total. The molecule has 0 aromatic heterocycles. The summed E-state index contributed by atoms with van der Waals surface area (Å²) in [4.78, 5) is 0. The highest BCUT2D eigenvalue weighted by atomic mass is 35.5. The van der Waals surface area contributed by atoms with Gasteiger partial charge >= 0.3 is 0 Å². The second-order valence-electron chi connectivity index (χ2n) is 3.75. The minimum absolute atomic E-state index is 0.773. The molecule has 0 bridgehead atoms. The topological polar surface area (TPSA) is 0 Å². The molecule has 0 aliphatic heterocycles. The molecule has 0 aliphatic carbocycles. The van der Waals surface area contributed by atoms with Crippen molar-refractivity contribution in [3.63, 3.8) is 0 Å². The van der Waals surface area contributed by atoms with Gasteiger partial charge in [-0.15, -0.1) is 0 Å². The monoisotopic (exact) mass is 228 g/mol. The molecule has 2 aromatic rings. The number of benzene rings is 2. The van der Waals surface area contributed by atoms with Crippen LogP contribution in [-0.4, -0.2) is 0 Å². The van der Waals surface area contributed by atoms with Gasteiger partial charge < -0.3 is 0 Å². The maximum atomic E-state index is 5.95. The molecule has 0 amide bonds. The van der Waals surface area contributed by atoms with E-state index in [0.717, 1.165) is 10.6 Å². The fourth-order valence-corrected chi connectivity index (χ4v) is 1.83. The summed E-state index contributed by atoms with van der Waals surface area (Å²) < 4.78 is 0. The molecular formula is C15H13Cl. The second-order valence-corrected chi connectivity index (χ2v) is 4.18. The Bertz CT molecular complexity index is 498. The van der Waals surface area contributed by atoms with Gasteiger partial charge in [0.1, 0.15) is 0 Å². The molecular weight excluding hydrogens is 216 g/mol. The molecule has 0 fully saturated rings. The first-order valence-corrected chi connectivity index (χ1v) is 5.63. The number of halogens is 1. The largest absolute Gasteiger partial charge is 0.0843 e. The van der Waals surface area contributed by atoms with Gasteiger partial charge in [-0.25, -0.2) is 0 Å². The van der Waals surface area contributed by atoms with Crippen molar-refractivity contribution in [1.82, 2.24) is 0 Å². The Hall–Kier alpha value is -1.53. The first-order chi connectivity index (χ1) is 7.75. The van der Waals surface area contributed by atoms with Crippen molar-refractivity contribution in [3.8, 4) is 0 Å². The van der Waals surface area contributed by atoms with Crippen LogP contribution in [0.4, 0.5) is 0 Å². The van der Waals surface area contributed by atoms with Gasteiger partial charge in [0.2, 0.25) is 0 Å². The summed E-state index contributed by atoms with van der Waals surface area (Å²) in [6.07, 6.45) is 2.14. The first-order valence-electron chi connectivity index (χ1n) is 5.25. The van der Waals surface area contributed by atoms with E-state index in [9.17, 15) is 0 Å². The Morgan fingerprint density at radius 2 is 1.75 bits per heavy atom. The lowest BCUT2D eigenvalue weighted by Crippen LogP contribution is -1.79. The summed E-state index contributed by atoms with van der Waals surface area (Å²) in [5, 5.41) is 0.773. The van der Waals surface area contributed by atoms with Crippen LogP contribution >= 0.6 is 11.6 Å². The molecule has 80 valence electrons. The summed E-state index contributed by atoms with van der Waals surface area (Å²) in [6, 6.07) is 18.2. The SMILES string of the molecule is C/C(=C/c1cccc(Cl)c1)c1ccccc1. The van der Waals surface area contributed by atoms with Crippen molar-refractivity contribution in [2.75, 3.05) is 0 Å². The summed E-state index contributed by atoms with van der Waals surface area (Å²) in [6.45, 7) is 2.11. The smallest absolute Gasteiger partial charge is 0.0411 e. The molecule has 0 aliphatic rings. The van der Waals surface area contributed by atoms with Crippen molar-refractivity contribution >= 4 is 23.3 Å². The van der Waals surface area contributed by atoms with E-state index >= 15 is 0 Å². The molecule has 0 spiro atoms. The number of allylic oxidation sites excluding steroid dienone is 1. The normalized spacial score (nSPS) is 11.5. The molecule has 0 atom stereocenters. The molecule has 0 saturated carbocycles. The van der Waals surface area contributed by atoms with Crippen molar-refractivity contribution in [3.05, 3.63) is 70.7 Å². The number of hydrogen-bond acceptors (Lipinski definition) is 0. The molecule has 2 aromatic carbocycles. The minimum atomic E-state index is 0.773. The zero-order chi connectivity index (χ0) is 11.4. The third kappa shape index (κ3) is 2.74. The van der Waals surface area contributed by atoms with Crippen LogP contribution in [0.15, 0.2) is 54.6 Å². The van der Waals surface area contributed by atoms with Crippen LogP contribution in [0, 0.1) is 0 Å². The second kappa shape index (κ2) is 5.00. The Morgan fingerprint density at radius 3 is 2.44 bits per heavy atom. The van der Waals surface area contributed by atoms with Gasteiger partial charge in [0.25, 0.3) is 0 Å². The van der Waals surface area contributed by atoms with Crippen LogP contribution in [-0.2, 0) is 0 Å². The fourth-order valence-electron chi connectivity index (χ4n) is 1.63. The molecule has 16 heavy (non-hydrogen) atoms. The van der Waals surface area contributed by atoms with E-state index in [4.69, 9.17) is 11.6 Å². The van der Waals surface area contributed by atoms with Crippen LogP contribution in [0.1, 0.15) is 18.1 Å². The van der Waals surface area contributed by atoms with Gasteiger partial charge in [-0.3, -0.25) is 0 Å². The van der Waals surface area contributed by atoms with Crippen LogP contribution < -0.4 is 0 Å². The zero-order valence-corrected chi connectivity index (χ0v) is 9.91. The van der Waals surface area contributed by atoms with E-state index in [2.05, 4.69) is 31.2 Å². The van der Waals surface area contributed by atoms with E-state index in [1.807, 2.05) is 36.4 Å². The lowest BCUT2D eigenvalue weighted by Gasteiger charge is -2.01. The molecule has 0 heterocycles. The van der Waals surface area contributed by atoms with Gasteiger partial charge in [0, 0.05) is 5.02 Å². The molecule has 0 saturated heterocycles. The highest BCUT2D eigenvalue weighted by Gasteiger charge is 1.95. The maximum absolute atomic E-state index is 5.95. The first kappa shape index (κ1) is 11.0. The fraction of sp³-hybridized carbons (Fsp3) is 0.0667. The van der Waals surface area contributed by atoms with E-state index in [1.54, 1.807) is 0 Å². The van der Waals surface area contributed by atoms with Gasteiger partial charge in [-0.05, 0) is 35.8 Å². The highest BCUT2D eigenvalue weighted by molar-refractivity contribution is 6.30. The van der Waals surface area contributed by atoms with Gasteiger partial charge in [-0.1, -0.05) is 60.1 Å². The molecule has 0 N–H and O–H groups in total. The zero-order valence-electron chi connectivity index (χ0n) is 9.15. The summed E-state index contributed by atoms with van der Waals surface area (Å²) in [5.41, 5.74) is 3.61. The van der Waals surface area contributed by atoms with E-state index in [-0.39, 0.29) is 0 Å². The van der Waals surface area contributed by atoms with Gasteiger partial charge in [0.15, 0.2) is 0 Å². The standard InChI is InChI=1S/C15H13Cl/c1-12(14-7-3-2-4-8-14)10-13-6-5-9-15(16)11-13/h2-11H,1H3/b12-10-. The van der Waals surface area contributed by atoms with E-state index in [1.165, 1.54) is 11.1 Å². The van der Waals surface area contributed by atoms with Crippen LogP contribution in [0.3, 0.4) is 0 Å². The predicted molar refractivity (Wildman–Crippen MR) is 71.4 cm³/mol. The Balaban J connectivity index is 2.32. The molecule has 1 heteroatoms. The van der Waals surface area contributed by atoms with Crippen molar-refractivity contribution < 1.29 is 0 Å². The lowest BCUT2D eigenvalue weighted by molar-refractivity contribution is 1.57. The van der Waals surface area contributed by atoms with Crippen LogP contribution in [0.2, 0.25) is 5.02 Å². The average Bonchev–Trinajstić information content (AvgIpc) is 2.30.